The molecule has 1 aliphatic rings. The van der Waals surface area contributed by atoms with E-state index in [1.54, 1.807) is 0 Å². The van der Waals surface area contributed by atoms with Crippen LogP contribution < -0.4 is 5.73 Å². The Morgan fingerprint density at radius 1 is 1.15 bits per heavy atom. The fourth-order valence-electron chi connectivity index (χ4n) is 2.08. The number of halogens is 8. The second-order valence-electron chi connectivity index (χ2n) is 4.78. The Bertz CT molecular complexity index is 840. The number of hydrogen-bond donors (Lipinski definition) is 1. The van der Waals surface area contributed by atoms with E-state index in [0.717, 1.165) is 0 Å². The summed E-state index contributed by atoms with van der Waals surface area (Å²) in [5.74, 6) is 0. The number of alkyl halides is 6. The molecule has 2 atom stereocenters. The molecule has 14 heteroatoms. The molecule has 1 aliphatic heterocycles. The molecule has 2 rings (SSSR count). The summed E-state index contributed by atoms with van der Waals surface area (Å²) < 4.78 is 88.8. The van der Waals surface area contributed by atoms with Crippen molar-refractivity contribution < 1.29 is 30.9 Å². The zero-order valence-electron chi connectivity index (χ0n) is 11.9. The first-order chi connectivity index (χ1) is 11.7. The van der Waals surface area contributed by atoms with E-state index in [-0.39, 0.29) is 0 Å². The van der Waals surface area contributed by atoms with Crippen molar-refractivity contribution in [1.82, 2.24) is 0 Å². The van der Waals surface area contributed by atoms with Gasteiger partial charge in [-0.1, -0.05) is 23.2 Å². The number of allylic oxidation sites excluding steroid dienone is 1. The van der Waals surface area contributed by atoms with Crippen molar-refractivity contribution >= 4 is 34.4 Å². The molecule has 0 saturated carbocycles. The Morgan fingerprint density at radius 3 is 2.04 bits per heavy atom. The Kier molecular flexibility index (Phi) is 5.26. The summed E-state index contributed by atoms with van der Waals surface area (Å²) in [6.07, 6.45) is -4.85. The van der Waals surface area contributed by atoms with E-state index in [4.69, 9.17) is 34.2 Å². The lowest BCUT2D eigenvalue weighted by Crippen LogP contribution is -2.42. The molecule has 2 N–H and O–H groups in total. The van der Waals surface area contributed by atoms with Crippen LogP contribution in [0.1, 0.15) is 11.1 Å². The zero-order chi connectivity index (χ0) is 20.1. The first-order valence-corrected chi connectivity index (χ1v) is 8.06. The molecule has 2 unspecified atom stereocenters. The maximum absolute atomic E-state index is 12.9. The van der Waals surface area contributed by atoms with Gasteiger partial charge in [-0.3, -0.25) is 5.73 Å². The average molecular weight is 437 g/mol. The lowest BCUT2D eigenvalue weighted by molar-refractivity contribution is -0.137. The summed E-state index contributed by atoms with van der Waals surface area (Å²) in [6.45, 7) is 0. The normalized spacial score (nSPS) is 21.9. The molecule has 0 bridgehead atoms. The number of hydrogen-bond acceptors (Lipinski definition) is 5. The lowest BCUT2D eigenvalue weighted by atomic mass is 9.98. The molecule has 26 heavy (non-hydrogen) atoms. The third-order valence-electron chi connectivity index (χ3n) is 3.12. The van der Waals surface area contributed by atoms with Crippen LogP contribution in [0.3, 0.4) is 0 Å². The van der Waals surface area contributed by atoms with E-state index in [9.17, 15) is 30.9 Å². The number of nitrogens with two attached hydrogens (primary N) is 1. The van der Waals surface area contributed by atoms with E-state index >= 15 is 0 Å². The molecule has 140 valence electrons. The zero-order valence-corrected chi connectivity index (χ0v) is 14.2. The Morgan fingerprint density at radius 2 is 1.65 bits per heavy atom. The van der Waals surface area contributed by atoms with Gasteiger partial charge in [0.25, 0.3) is 0 Å². The quantitative estimate of drug-likeness (QED) is 0.541. The second-order valence-corrected chi connectivity index (χ2v) is 7.01. The van der Waals surface area contributed by atoms with E-state index in [1.807, 2.05) is 0 Å². The van der Waals surface area contributed by atoms with Crippen molar-refractivity contribution in [3.63, 3.8) is 0 Å². The van der Waals surface area contributed by atoms with Gasteiger partial charge in [0.15, 0.2) is 0 Å². The maximum atomic E-state index is 12.9. The SMILES string of the molecule is N#CC1=C([S+]([O-])C(F)(F)F)C(N)(c2c(Cl)cc(C(F)(F)F)cc2Cl)N=N1. The maximum Gasteiger partial charge on any atom is 0.578 e. The van der Waals surface area contributed by atoms with E-state index < -0.39 is 60.3 Å². The van der Waals surface area contributed by atoms with Crippen molar-refractivity contribution in [2.24, 2.45) is 16.0 Å². The number of rotatable bonds is 2. The highest BCUT2D eigenvalue weighted by Crippen LogP contribution is 2.49. The minimum atomic E-state index is -5.34. The van der Waals surface area contributed by atoms with E-state index in [2.05, 4.69) is 10.2 Å². The molecule has 0 aromatic heterocycles. The highest BCUT2D eigenvalue weighted by molar-refractivity contribution is 7.96. The average Bonchev–Trinajstić information content (AvgIpc) is 2.81. The second kappa shape index (κ2) is 6.58. The predicted octanol–water partition coefficient (Wildman–Crippen LogP) is 4.59. The third-order valence-corrected chi connectivity index (χ3v) is 5.01. The van der Waals surface area contributed by atoms with Crippen LogP contribution in [0.2, 0.25) is 10.0 Å². The molecule has 1 aromatic carbocycles. The molecular weight excluding hydrogens is 433 g/mol. The summed E-state index contributed by atoms with van der Waals surface area (Å²) in [5.41, 5.74) is -5.34. The van der Waals surface area contributed by atoms with E-state index in [0.29, 0.717) is 12.1 Å². The third kappa shape index (κ3) is 3.49. The van der Waals surface area contributed by atoms with Crippen LogP contribution >= 0.6 is 23.2 Å². The monoisotopic (exact) mass is 436 g/mol. The summed E-state index contributed by atoms with van der Waals surface area (Å²) >= 11 is 7.62. The number of benzene rings is 1. The van der Waals surface area contributed by atoms with Gasteiger partial charge in [0, 0.05) is 5.56 Å². The van der Waals surface area contributed by atoms with Crippen molar-refractivity contribution in [2.75, 3.05) is 0 Å². The Labute approximate surface area is 154 Å². The molecular formula is C12H4Cl2F6N4OS. The molecule has 0 saturated heterocycles. The smallest absolute Gasteiger partial charge is 0.578 e. The van der Waals surface area contributed by atoms with Gasteiger partial charge < -0.3 is 4.55 Å². The van der Waals surface area contributed by atoms with Crippen molar-refractivity contribution in [3.8, 4) is 6.07 Å². The van der Waals surface area contributed by atoms with Crippen molar-refractivity contribution in [2.45, 2.75) is 17.3 Å². The Balaban J connectivity index is 2.73. The molecule has 1 aromatic rings. The van der Waals surface area contributed by atoms with Crippen LogP contribution in [0.15, 0.2) is 33.0 Å². The molecule has 5 nitrogen and oxygen atoms in total. The van der Waals surface area contributed by atoms with Crippen LogP contribution in [0.4, 0.5) is 26.3 Å². The van der Waals surface area contributed by atoms with Gasteiger partial charge in [-0.2, -0.15) is 23.5 Å². The number of nitrogens with zero attached hydrogens (tertiary/aromatic N) is 3. The minimum Gasteiger partial charge on any atom is -0.604 e. The molecule has 0 fully saturated rings. The fourth-order valence-corrected chi connectivity index (χ4v) is 3.78. The first-order valence-electron chi connectivity index (χ1n) is 6.15. The van der Waals surface area contributed by atoms with Crippen LogP contribution in [0.25, 0.3) is 0 Å². The summed E-state index contributed by atoms with van der Waals surface area (Å²) in [5, 5.41) is 13.7. The largest absolute Gasteiger partial charge is 0.604 e. The van der Waals surface area contributed by atoms with Crippen molar-refractivity contribution in [3.05, 3.63) is 43.9 Å². The van der Waals surface area contributed by atoms with Crippen LogP contribution in [0, 0.1) is 11.3 Å². The van der Waals surface area contributed by atoms with Gasteiger partial charge in [-0.15, -0.1) is 18.3 Å². The van der Waals surface area contributed by atoms with Gasteiger partial charge in [0.2, 0.25) is 16.3 Å². The summed E-state index contributed by atoms with van der Waals surface area (Å²) in [7, 11) is 0. The van der Waals surface area contributed by atoms with Gasteiger partial charge in [0.05, 0.1) is 15.6 Å². The molecule has 0 radical (unpaired) electrons. The standard InChI is InChI=1S/C12H4Cl2F6N4OS/c13-5-1-4(11(15,16)17)2-6(14)8(5)10(22)9(7(3-21)23-24-10)26(25)12(18,19)20/h1-2H,22H2. The summed E-state index contributed by atoms with van der Waals surface area (Å²) in [4.78, 5) is -1.28. The predicted molar refractivity (Wildman–Crippen MR) is 79.0 cm³/mol. The topological polar surface area (TPSA) is 97.6 Å². The fraction of sp³-hybridized carbons (Fsp3) is 0.250. The van der Waals surface area contributed by atoms with Crippen LogP contribution in [0.5, 0.6) is 0 Å². The van der Waals surface area contributed by atoms with Gasteiger partial charge in [0.1, 0.15) is 17.2 Å². The molecule has 0 aliphatic carbocycles. The molecule has 1 heterocycles. The van der Waals surface area contributed by atoms with E-state index in [1.165, 1.54) is 6.07 Å². The number of azo groups is 1. The highest BCUT2D eigenvalue weighted by Gasteiger charge is 2.59. The minimum absolute atomic E-state index is 0.366. The van der Waals surface area contributed by atoms with Crippen molar-refractivity contribution in [1.29, 1.82) is 5.26 Å². The number of nitriles is 1. The lowest BCUT2D eigenvalue weighted by Gasteiger charge is -2.26. The molecule has 0 amide bonds. The van der Waals surface area contributed by atoms with Gasteiger partial charge >= 0.3 is 11.7 Å². The van der Waals surface area contributed by atoms with Crippen LogP contribution in [-0.4, -0.2) is 10.1 Å². The first kappa shape index (κ1) is 20.8. The Hall–Kier alpha value is -1.52. The van der Waals surface area contributed by atoms with Gasteiger partial charge in [-0.05, 0) is 12.1 Å². The molecule has 0 spiro atoms. The van der Waals surface area contributed by atoms with Gasteiger partial charge in [-0.25, -0.2) is 0 Å². The van der Waals surface area contributed by atoms with Crippen LogP contribution in [-0.2, 0) is 23.0 Å². The highest BCUT2D eigenvalue weighted by atomic mass is 35.5. The summed E-state index contributed by atoms with van der Waals surface area (Å²) in [6, 6.07) is 1.98.